The Morgan fingerprint density at radius 3 is 2.32 bits per heavy atom. The van der Waals surface area contributed by atoms with Gasteiger partial charge in [0.2, 0.25) is 0 Å². The van der Waals surface area contributed by atoms with Gasteiger partial charge in [-0.15, -0.1) is 0 Å². The van der Waals surface area contributed by atoms with Gasteiger partial charge in [-0.1, -0.05) is 45.9 Å². The predicted octanol–water partition coefficient (Wildman–Crippen LogP) is 4.48. The summed E-state index contributed by atoms with van der Waals surface area (Å²) in [5, 5.41) is 3.23. The zero-order valence-corrected chi connectivity index (χ0v) is 11.9. The van der Waals surface area contributed by atoms with Crippen LogP contribution in [0.25, 0.3) is 0 Å². The SMILES string of the molecule is CC(C)C(C)(C)CNCc1cccc(C(F)(F)F)c1. The molecular weight excluding hydrogens is 251 g/mol. The van der Waals surface area contributed by atoms with Crippen molar-refractivity contribution in [1.82, 2.24) is 5.32 Å². The predicted molar refractivity (Wildman–Crippen MR) is 71.8 cm³/mol. The van der Waals surface area contributed by atoms with Crippen LogP contribution in [0.3, 0.4) is 0 Å². The van der Waals surface area contributed by atoms with E-state index < -0.39 is 11.7 Å². The summed E-state index contributed by atoms with van der Waals surface area (Å²) in [7, 11) is 0. The Kier molecular flexibility index (Phi) is 5.02. The molecule has 0 saturated carbocycles. The first kappa shape index (κ1) is 16.0. The minimum absolute atomic E-state index is 0.127. The molecule has 1 aromatic rings. The third-order valence-corrected chi connectivity index (χ3v) is 3.73. The van der Waals surface area contributed by atoms with Gasteiger partial charge in [0, 0.05) is 13.1 Å². The Morgan fingerprint density at radius 2 is 1.79 bits per heavy atom. The summed E-state index contributed by atoms with van der Waals surface area (Å²) in [4.78, 5) is 0. The number of rotatable bonds is 5. The van der Waals surface area contributed by atoms with Gasteiger partial charge in [0.05, 0.1) is 5.56 Å². The maximum Gasteiger partial charge on any atom is 0.416 e. The normalized spacial score (nSPS) is 13.1. The molecule has 1 nitrogen and oxygen atoms in total. The minimum Gasteiger partial charge on any atom is -0.312 e. The summed E-state index contributed by atoms with van der Waals surface area (Å²) in [5.41, 5.74) is 0.200. The molecule has 1 aromatic carbocycles. The average Bonchev–Trinajstić information content (AvgIpc) is 2.28. The van der Waals surface area contributed by atoms with Crippen molar-refractivity contribution in [3.05, 3.63) is 35.4 Å². The Morgan fingerprint density at radius 1 is 1.16 bits per heavy atom. The minimum atomic E-state index is -4.27. The Hall–Kier alpha value is -1.03. The molecule has 19 heavy (non-hydrogen) atoms. The van der Waals surface area contributed by atoms with Gasteiger partial charge in [0.25, 0.3) is 0 Å². The van der Waals surface area contributed by atoms with Crippen molar-refractivity contribution in [2.45, 2.75) is 40.4 Å². The smallest absolute Gasteiger partial charge is 0.312 e. The van der Waals surface area contributed by atoms with E-state index in [0.717, 1.165) is 12.6 Å². The van der Waals surface area contributed by atoms with E-state index in [2.05, 4.69) is 33.0 Å². The van der Waals surface area contributed by atoms with E-state index in [1.54, 1.807) is 6.07 Å². The molecule has 0 aliphatic rings. The van der Waals surface area contributed by atoms with Crippen LogP contribution in [0.15, 0.2) is 24.3 Å². The van der Waals surface area contributed by atoms with Crippen LogP contribution in [-0.2, 0) is 12.7 Å². The highest BCUT2D eigenvalue weighted by molar-refractivity contribution is 5.25. The van der Waals surface area contributed by atoms with E-state index in [4.69, 9.17) is 0 Å². The van der Waals surface area contributed by atoms with Gasteiger partial charge < -0.3 is 5.32 Å². The van der Waals surface area contributed by atoms with Gasteiger partial charge in [-0.05, 0) is 23.0 Å². The third kappa shape index (κ3) is 4.86. The topological polar surface area (TPSA) is 12.0 Å². The average molecular weight is 273 g/mol. The molecule has 0 fully saturated rings. The first-order valence-electron chi connectivity index (χ1n) is 6.50. The Bertz CT molecular complexity index is 408. The van der Waals surface area contributed by atoms with Crippen LogP contribution in [0.2, 0.25) is 0 Å². The number of alkyl halides is 3. The van der Waals surface area contributed by atoms with Gasteiger partial charge in [-0.2, -0.15) is 13.2 Å². The molecule has 1 rings (SSSR count). The summed E-state index contributed by atoms with van der Waals surface area (Å²) < 4.78 is 37.7. The highest BCUT2D eigenvalue weighted by atomic mass is 19.4. The lowest BCUT2D eigenvalue weighted by atomic mass is 9.81. The van der Waals surface area contributed by atoms with E-state index in [1.165, 1.54) is 12.1 Å². The number of nitrogens with one attached hydrogen (secondary N) is 1. The molecule has 0 atom stereocenters. The Labute approximate surface area is 113 Å². The van der Waals surface area contributed by atoms with E-state index in [-0.39, 0.29) is 5.41 Å². The molecule has 0 spiro atoms. The molecule has 108 valence electrons. The van der Waals surface area contributed by atoms with Crippen molar-refractivity contribution in [2.75, 3.05) is 6.54 Å². The zero-order valence-electron chi connectivity index (χ0n) is 11.9. The van der Waals surface area contributed by atoms with Crippen molar-refractivity contribution in [2.24, 2.45) is 11.3 Å². The lowest BCUT2D eigenvalue weighted by Crippen LogP contribution is -2.33. The number of hydrogen-bond donors (Lipinski definition) is 1. The first-order valence-corrected chi connectivity index (χ1v) is 6.50. The van der Waals surface area contributed by atoms with Crippen LogP contribution in [0.4, 0.5) is 13.2 Å². The molecule has 0 radical (unpaired) electrons. The number of benzene rings is 1. The largest absolute Gasteiger partial charge is 0.416 e. The molecule has 0 saturated heterocycles. The van der Waals surface area contributed by atoms with Gasteiger partial charge in [0.15, 0.2) is 0 Å². The molecule has 0 aliphatic heterocycles. The van der Waals surface area contributed by atoms with Crippen LogP contribution in [0.5, 0.6) is 0 Å². The van der Waals surface area contributed by atoms with Crippen LogP contribution in [0.1, 0.15) is 38.8 Å². The lowest BCUT2D eigenvalue weighted by molar-refractivity contribution is -0.137. The second kappa shape index (κ2) is 5.95. The van der Waals surface area contributed by atoms with Gasteiger partial charge >= 0.3 is 6.18 Å². The summed E-state index contributed by atoms with van der Waals surface area (Å²) in [6.07, 6.45) is -4.27. The molecule has 1 N–H and O–H groups in total. The molecule has 0 heterocycles. The fourth-order valence-electron chi connectivity index (χ4n) is 1.59. The summed E-state index contributed by atoms with van der Waals surface area (Å²) >= 11 is 0. The molecule has 0 aromatic heterocycles. The lowest BCUT2D eigenvalue weighted by Gasteiger charge is -2.29. The van der Waals surface area contributed by atoms with E-state index in [1.807, 2.05) is 0 Å². The monoisotopic (exact) mass is 273 g/mol. The summed E-state index contributed by atoms with van der Waals surface area (Å²) in [6.45, 7) is 9.83. The second-order valence-electron chi connectivity index (χ2n) is 5.94. The first-order chi connectivity index (χ1) is 8.63. The van der Waals surface area contributed by atoms with Crippen molar-refractivity contribution >= 4 is 0 Å². The zero-order chi connectivity index (χ0) is 14.7. The highest BCUT2D eigenvalue weighted by Crippen LogP contribution is 2.29. The summed E-state index contributed by atoms with van der Waals surface area (Å²) in [5.74, 6) is 0.515. The Balaban J connectivity index is 2.60. The van der Waals surface area contributed by atoms with Crippen molar-refractivity contribution in [3.63, 3.8) is 0 Å². The maximum atomic E-state index is 12.6. The standard InChI is InChI=1S/C15H22F3N/c1-11(2)14(3,4)10-19-9-12-6-5-7-13(8-12)15(16,17)18/h5-8,11,19H,9-10H2,1-4H3. The highest BCUT2D eigenvalue weighted by Gasteiger charge is 2.30. The molecule has 4 heteroatoms. The van der Waals surface area contributed by atoms with Crippen LogP contribution in [0, 0.1) is 11.3 Å². The fraction of sp³-hybridized carbons (Fsp3) is 0.600. The van der Waals surface area contributed by atoms with Gasteiger partial charge in [-0.25, -0.2) is 0 Å². The molecule has 0 amide bonds. The van der Waals surface area contributed by atoms with E-state index in [9.17, 15) is 13.2 Å². The number of halogens is 3. The maximum absolute atomic E-state index is 12.6. The van der Waals surface area contributed by atoms with Crippen molar-refractivity contribution in [1.29, 1.82) is 0 Å². The second-order valence-corrected chi connectivity index (χ2v) is 5.94. The molecular formula is C15H22F3N. The molecule has 0 aliphatic carbocycles. The van der Waals surface area contributed by atoms with Gasteiger partial charge in [-0.3, -0.25) is 0 Å². The van der Waals surface area contributed by atoms with Crippen LogP contribution in [-0.4, -0.2) is 6.54 Å². The fourth-order valence-corrected chi connectivity index (χ4v) is 1.59. The van der Waals surface area contributed by atoms with E-state index >= 15 is 0 Å². The van der Waals surface area contributed by atoms with Crippen molar-refractivity contribution in [3.8, 4) is 0 Å². The van der Waals surface area contributed by atoms with Crippen LogP contribution >= 0.6 is 0 Å². The number of hydrogen-bond acceptors (Lipinski definition) is 1. The van der Waals surface area contributed by atoms with E-state index in [0.29, 0.717) is 18.0 Å². The van der Waals surface area contributed by atoms with Crippen LogP contribution < -0.4 is 5.32 Å². The molecule has 0 bridgehead atoms. The van der Waals surface area contributed by atoms with Gasteiger partial charge in [0.1, 0.15) is 0 Å². The van der Waals surface area contributed by atoms with Crippen molar-refractivity contribution < 1.29 is 13.2 Å². The summed E-state index contributed by atoms with van der Waals surface area (Å²) in [6, 6.07) is 5.47. The molecule has 0 unspecified atom stereocenters. The third-order valence-electron chi connectivity index (χ3n) is 3.73. The quantitative estimate of drug-likeness (QED) is 0.834.